The zero-order valence-corrected chi connectivity index (χ0v) is 10.4. The molecule has 0 saturated heterocycles. The van der Waals surface area contributed by atoms with Crippen molar-refractivity contribution in [2.45, 2.75) is 27.2 Å². The van der Waals surface area contributed by atoms with Gasteiger partial charge in [-0.1, -0.05) is 19.9 Å². The van der Waals surface area contributed by atoms with Gasteiger partial charge in [0, 0.05) is 17.7 Å². The number of methoxy groups -OCH3 is 1. The van der Waals surface area contributed by atoms with Crippen LogP contribution in [0.5, 0.6) is 5.88 Å². The highest BCUT2D eigenvalue weighted by Crippen LogP contribution is 2.23. The Hall–Kier alpha value is -1.38. The Morgan fingerprint density at radius 1 is 1.50 bits per heavy atom. The summed E-state index contributed by atoms with van der Waals surface area (Å²) in [7, 11) is 1.60. The molecule has 0 spiro atoms. The van der Waals surface area contributed by atoms with Crippen molar-refractivity contribution in [2.24, 2.45) is 11.8 Å². The minimum atomic E-state index is 0.0399. The van der Waals surface area contributed by atoms with E-state index in [1.54, 1.807) is 20.2 Å². The van der Waals surface area contributed by atoms with Gasteiger partial charge < -0.3 is 4.74 Å². The summed E-state index contributed by atoms with van der Waals surface area (Å²) in [5.41, 5.74) is 0.999. The fraction of sp³-hybridized carbons (Fsp3) is 0.538. The van der Waals surface area contributed by atoms with Crippen molar-refractivity contribution in [3.8, 4) is 5.88 Å². The predicted octanol–water partition coefficient (Wildman–Crippen LogP) is 2.49. The molecule has 3 heteroatoms. The molecule has 1 rings (SSSR count). The Morgan fingerprint density at radius 2 is 2.19 bits per heavy atom. The van der Waals surface area contributed by atoms with E-state index in [0.29, 0.717) is 18.2 Å². The third kappa shape index (κ3) is 3.05. The van der Waals surface area contributed by atoms with E-state index in [2.05, 4.69) is 18.8 Å². The average Bonchev–Trinajstić information content (AvgIpc) is 2.25. The van der Waals surface area contributed by atoms with Crippen LogP contribution in [0.4, 0.5) is 0 Å². The van der Waals surface area contributed by atoms with Gasteiger partial charge in [-0.05, 0) is 25.3 Å². The van der Waals surface area contributed by atoms with Gasteiger partial charge in [-0.25, -0.2) is 4.98 Å². The van der Waals surface area contributed by atoms with E-state index in [1.807, 2.05) is 12.1 Å². The molecule has 0 N–H and O–H groups in total. The lowest BCUT2D eigenvalue weighted by Crippen LogP contribution is -2.20. The van der Waals surface area contributed by atoms with Gasteiger partial charge in [0.2, 0.25) is 5.88 Å². The smallest absolute Gasteiger partial charge is 0.216 e. The number of carbonyl (C=O) groups excluding carboxylic acids is 1. The number of nitrogens with zero attached hydrogens (tertiary/aromatic N) is 1. The molecule has 0 radical (unpaired) electrons. The SMILES string of the molecule is COc1ncccc1CC(C(C)=O)C(C)C. The molecule has 0 aromatic carbocycles. The van der Waals surface area contributed by atoms with Gasteiger partial charge in [0.15, 0.2) is 0 Å². The lowest BCUT2D eigenvalue weighted by molar-refractivity contribution is -0.121. The molecule has 1 aromatic rings. The predicted molar refractivity (Wildman–Crippen MR) is 63.5 cm³/mol. The van der Waals surface area contributed by atoms with E-state index in [4.69, 9.17) is 4.74 Å². The van der Waals surface area contributed by atoms with Gasteiger partial charge >= 0.3 is 0 Å². The summed E-state index contributed by atoms with van der Waals surface area (Å²) in [6, 6.07) is 3.83. The maximum absolute atomic E-state index is 11.5. The maximum Gasteiger partial charge on any atom is 0.216 e. The van der Waals surface area contributed by atoms with Crippen molar-refractivity contribution < 1.29 is 9.53 Å². The van der Waals surface area contributed by atoms with Crippen LogP contribution in [-0.4, -0.2) is 17.9 Å². The van der Waals surface area contributed by atoms with Gasteiger partial charge in [-0.3, -0.25) is 4.79 Å². The molecule has 1 heterocycles. The average molecular weight is 221 g/mol. The van der Waals surface area contributed by atoms with Crippen LogP contribution in [0.1, 0.15) is 26.3 Å². The van der Waals surface area contributed by atoms with E-state index in [1.165, 1.54) is 0 Å². The van der Waals surface area contributed by atoms with Gasteiger partial charge in [-0.15, -0.1) is 0 Å². The number of ketones is 1. The number of hydrogen-bond donors (Lipinski definition) is 0. The Balaban J connectivity index is 2.89. The van der Waals surface area contributed by atoms with Crippen molar-refractivity contribution in [2.75, 3.05) is 7.11 Å². The molecule has 16 heavy (non-hydrogen) atoms. The molecule has 0 aliphatic rings. The van der Waals surface area contributed by atoms with Gasteiger partial charge in [-0.2, -0.15) is 0 Å². The molecule has 0 saturated carbocycles. The van der Waals surface area contributed by atoms with Crippen LogP contribution >= 0.6 is 0 Å². The third-order valence-corrected chi connectivity index (χ3v) is 2.81. The monoisotopic (exact) mass is 221 g/mol. The number of pyridine rings is 1. The number of rotatable bonds is 5. The molecular formula is C13H19NO2. The van der Waals surface area contributed by atoms with Crippen LogP contribution in [0, 0.1) is 11.8 Å². The highest BCUT2D eigenvalue weighted by molar-refractivity contribution is 5.78. The number of hydrogen-bond acceptors (Lipinski definition) is 3. The zero-order chi connectivity index (χ0) is 12.1. The molecule has 1 unspecified atom stereocenters. The van der Waals surface area contributed by atoms with Gasteiger partial charge in [0.25, 0.3) is 0 Å². The second-order valence-electron chi connectivity index (χ2n) is 4.34. The summed E-state index contributed by atoms with van der Waals surface area (Å²) in [4.78, 5) is 15.7. The highest BCUT2D eigenvalue weighted by atomic mass is 16.5. The quantitative estimate of drug-likeness (QED) is 0.766. The van der Waals surface area contributed by atoms with Crippen molar-refractivity contribution in [1.82, 2.24) is 4.98 Å². The molecule has 0 fully saturated rings. The first-order valence-corrected chi connectivity index (χ1v) is 5.54. The largest absolute Gasteiger partial charge is 0.481 e. The summed E-state index contributed by atoms with van der Waals surface area (Å²) in [6.07, 6.45) is 2.39. The summed E-state index contributed by atoms with van der Waals surface area (Å²) >= 11 is 0. The fourth-order valence-corrected chi connectivity index (χ4v) is 1.85. The molecule has 0 amide bonds. The Labute approximate surface area is 96.8 Å². The molecule has 0 aliphatic carbocycles. The minimum absolute atomic E-state index is 0.0399. The summed E-state index contributed by atoms with van der Waals surface area (Å²) in [6.45, 7) is 5.78. The van der Waals surface area contributed by atoms with E-state index < -0.39 is 0 Å². The van der Waals surface area contributed by atoms with Crippen LogP contribution < -0.4 is 4.74 Å². The van der Waals surface area contributed by atoms with E-state index in [9.17, 15) is 4.79 Å². The number of aromatic nitrogens is 1. The number of ether oxygens (including phenoxy) is 1. The first kappa shape index (κ1) is 12.7. The second-order valence-corrected chi connectivity index (χ2v) is 4.34. The molecule has 88 valence electrons. The lowest BCUT2D eigenvalue weighted by Gasteiger charge is -2.18. The summed E-state index contributed by atoms with van der Waals surface area (Å²) < 4.78 is 5.18. The van der Waals surface area contributed by atoms with E-state index >= 15 is 0 Å². The van der Waals surface area contributed by atoms with Crippen molar-refractivity contribution in [1.29, 1.82) is 0 Å². The lowest BCUT2D eigenvalue weighted by atomic mass is 9.86. The maximum atomic E-state index is 11.5. The van der Waals surface area contributed by atoms with Crippen LogP contribution in [0.25, 0.3) is 0 Å². The highest BCUT2D eigenvalue weighted by Gasteiger charge is 2.20. The summed E-state index contributed by atoms with van der Waals surface area (Å²) in [5, 5.41) is 0. The molecule has 0 aliphatic heterocycles. The normalized spacial score (nSPS) is 12.6. The minimum Gasteiger partial charge on any atom is -0.481 e. The van der Waals surface area contributed by atoms with E-state index in [0.717, 1.165) is 5.56 Å². The van der Waals surface area contributed by atoms with Crippen molar-refractivity contribution >= 4 is 5.78 Å². The van der Waals surface area contributed by atoms with Crippen LogP contribution in [0.2, 0.25) is 0 Å². The van der Waals surface area contributed by atoms with Crippen molar-refractivity contribution in [3.05, 3.63) is 23.9 Å². The molecule has 1 aromatic heterocycles. The summed E-state index contributed by atoms with van der Waals surface area (Å²) in [5.74, 6) is 1.22. The number of carbonyl (C=O) groups is 1. The van der Waals surface area contributed by atoms with Gasteiger partial charge in [0.05, 0.1) is 7.11 Å². The first-order valence-electron chi connectivity index (χ1n) is 5.54. The Morgan fingerprint density at radius 3 is 2.69 bits per heavy atom. The number of Topliss-reactive ketones (excluding diaryl/α,β-unsaturated/α-hetero) is 1. The fourth-order valence-electron chi connectivity index (χ4n) is 1.85. The Kier molecular flexibility index (Phi) is 4.47. The second kappa shape index (κ2) is 5.64. The topological polar surface area (TPSA) is 39.2 Å². The van der Waals surface area contributed by atoms with Crippen molar-refractivity contribution in [3.63, 3.8) is 0 Å². The molecule has 0 bridgehead atoms. The third-order valence-electron chi connectivity index (χ3n) is 2.81. The standard InChI is InChI=1S/C13H19NO2/c1-9(2)12(10(3)15)8-11-6-5-7-14-13(11)16-4/h5-7,9,12H,8H2,1-4H3. The molecule has 1 atom stereocenters. The van der Waals surface area contributed by atoms with Crippen LogP contribution in [-0.2, 0) is 11.2 Å². The molecular weight excluding hydrogens is 202 g/mol. The first-order chi connectivity index (χ1) is 7.56. The molecule has 3 nitrogen and oxygen atoms in total. The van der Waals surface area contributed by atoms with E-state index in [-0.39, 0.29) is 11.7 Å². The van der Waals surface area contributed by atoms with Crippen LogP contribution in [0.3, 0.4) is 0 Å². The van der Waals surface area contributed by atoms with Gasteiger partial charge in [0.1, 0.15) is 5.78 Å². The Bertz CT molecular complexity index is 361. The van der Waals surface area contributed by atoms with Crippen LogP contribution in [0.15, 0.2) is 18.3 Å². The zero-order valence-electron chi connectivity index (χ0n) is 10.4.